The summed E-state index contributed by atoms with van der Waals surface area (Å²) in [6.45, 7) is 0.151. The minimum absolute atomic E-state index is 0.00145. The quantitative estimate of drug-likeness (QED) is 0.544. The lowest BCUT2D eigenvalue weighted by Gasteiger charge is -2.21. The van der Waals surface area contributed by atoms with Crippen LogP contribution in [0.5, 0.6) is 0 Å². The highest BCUT2D eigenvalue weighted by molar-refractivity contribution is 5.90. The molecule has 0 unspecified atom stereocenters. The largest absolute Gasteiger partial charge is 0.436 e. The van der Waals surface area contributed by atoms with Gasteiger partial charge in [0.2, 0.25) is 5.91 Å². The van der Waals surface area contributed by atoms with Crippen LogP contribution in [0.1, 0.15) is 36.5 Å². The van der Waals surface area contributed by atoms with Crippen molar-refractivity contribution in [3.05, 3.63) is 59.7 Å². The van der Waals surface area contributed by atoms with E-state index in [0.717, 1.165) is 22.3 Å². The first-order valence-electron chi connectivity index (χ1n) is 11.0. The fourth-order valence-electron chi connectivity index (χ4n) is 3.72. The number of nitrogens with zero attached hydrogens (tertiary/aromatic N) is 1. The lowest BCUT2D eigenvalue weighted by Crippen LogP contribution is -2.40. The Kier molecular flexibility index (Phi) is 8.32. The number of benzene rings is 2. The molecule has 0 aliphatic heterocycles. The number of likely N-dealkylation sites (N-methyl/N-ethyl adjacent to an activating group) is 1. The smallest absolute Gasteiger partial charge is 0.410 e. The third kappa shape index (κ3) is 6.26. The number of hydrogen-bond donors (Lipinski definition) is 2. The molecule has 0 heterocycles. The van der Waals surface area contributed by atoms with Crippen LogP contribution in [-0.4, -0.2) is 62.2 Å². The first kappa shape index (κ1) is 24.1. The number of rotatable bonds is 11. The number of fused-ring (bicyclic) bond motifs is 3. The molecule has 0 radical (unpaired) electrons. The Morgan fingerprint density at radius 1 is 0.879 bits per heavy atom. The maximum absolute atomic E-state index is 12.7. The van der Waals surface area contributed by atoms with E-state index >= 15 is 0 Å². The summed E-state index contributed by atoms with van der Waals surface area (Å²) in [5, 5.41) is 5.38. The second kappa shape index (κ2) is 11.4. The molecule has 1 aliphatic carbocycles. The van der Waals surface area contributed by atoms with Crippen molar-refractivity contribution in [2.75, 3.05) is 33.7 Å². The van der Waals surface area contributed by atoms with Gasteiger partial charge in [-0.25, -0.2) is 4.79 Å². The van der Waals surface area contributed by atoms with Gasteiger partial charge in [-0.15, -0.1) is 0 Å². The maximum atomic E-state index is 12.7. The zero-order chi connectivity index (χ0) is 23.8. The Hall–Kier alpha value is -3.52. The summed E-state index contributed by atoms with van der Waals surface area (Å²) in [6, 6.07) is 15.5. The molecule has 0 atom stereocenters. The van der Waals surface area contributed by atoms with Crippen molar-refractivity contribution in [2.45, 2.75) is 25.4 Å². The normalized spacial score (nSPS) is 11.9. The minimum atomic E-state index is -0.636. The van der Waals surface area contributed by atoms with Gasteiger partial charge in [-0.05, 0) is 18.2 Å². The topological polar surface area (TPSA) is 105 Å². The summed E-state index contributed by atoms with van der Waals surface area (Å²) < 4.78 is 5.75. The van der Waals surface area contributed by atoms with E-state index in [-0.39, 0.29) is 37.5 Å². The Bertz CT molecular complexity index is 991. The molecule has 8 nitrogen and oxygen atoms in total. The molecule has 33 heavy (non-hydrogen) atoms. The number of ether oxygens (including phenoxy) is 1. The van der Waals surface area contributed by atoms with Gasteiger partial charge in [-0.2, -0.15) is 0 Å². The molecule has 2 aromatic carbocycles. The highest BCUT2D eigenvalue weighted by atomic mass is 16.6. The van der Waals surface area contributed by atoms with Crippen LogP contribution in [0.4, 0.5) is 4.79 Å². The van der Waals surface area contributed by atoms with Gasteiger partial charge < -0.3 is 20.3 Å². The van der Waals surface area contributed by atoms with E-state index in [4.69, 9.17) is 4.74 Å². The van der Waals surface area contributed by atoms with Gasteiger partial charge in [0.05, 0.1) is 6.54 Å². The summed E-state index contributed by atoms with van der Waals surface area (Å²) in [7, 11) is 3.23. The predicted octanol–water partition coefficient (Wildman–Crippen LogP) is 2.47. The van der Waals surface area contributed by atoms with Crippen molar-refractivity contribution in [3.8, 4) is 11.1 Å². The molecular formula is C25H29N3O5. The lowest BCUT2D eigenvalue weighted by molar-refractivity contribution is -0.126. The second-order valence-corrected chi connectivity index (χ2v) is 8.00. The van der Waals surface area contributed by atoms with Crippen LogP contribution in [0.3, 0.4) is 0 Å². The molecular weight excluding hydrogens is 422 g/mol. The SMILES string of the molecule is CNCCC(=O)CCC(=O)CNC(=O)CN(C)C(=O)OC1c2ccccc2-c2ccccc21. The minimum Gasteiger partial charge on any atom is -0.436 e. The van der Waals surface area contributed by atoms with Gasteiger partial charge in [0.25, 0.3) is 0 Å². The molecule has 2 amide bonds. The summed E-state index contributed by atoms with van der Waals surface area (Å²) >= 11 is 0. The van der Waals surface area contributed by atoms with Crippen molar-refractivity contribution in [3.63, 3.8) is 0 Å². The van der Waals surface area contributed by atoms with Gasteiger partial charge in [-0.3, -0.25) is 14.4 Å². The van der Waals surface area contributed by atoms with E-state index in [1.807, 2.05) is 48.5 Å². The third-order valence-electron chi connectivity index (χ3n) is 5.51. The number of carbonyl (C=O) groups excluding carboxylic acids is 4. The van der Waals surface area contributed by atoms with Gasteiger partial charge in [-0.1, -0.05) is 48.5 Å². The average molecular weight is 452 g/mol. The van der Waals surface area contributed by atoms with Crippen LogP contribution in [0, 0.1) is 0 Å². The van der Waals surface area contributed by atoms with Crippen molar-refractivity contribution in [2.24, 2.45) is 0 Å². The van der Waals surface area contributed by atoms with Crippen molar-refractivity contribution in [1.29, 1.82) is 0 Å². The molecule has 1 aliphatic rings. The van der Waals surface area contributed by atoms with Crippen LogP contribution >= 0.6 is 0 Å². The maximum Gasteiger partial charge on any atom is 0.410 e. The monoisotopic (exact) mass is 451 g/mol. The molecule has 0 bridgehead atoms. The third-order valence-corrected chi connectivity index (χ3v) is 5.51. The Balaban J connectivity index is 1.48. The first-order chi connectivity index (χ1) is 15.9. The number of ketones is 2. The number of Topliss-reactive ketones (excluding diaryl/α,β-unsaturated/α-hetero) is 2. The van der Waals surface area contributed by atoms with Crippen LogP contribution in [0.15, 0.2) is 48.5 Å². The fraction of sp³-hybridized carbons (Fsp3) is 0.360. The Morgan fingerprint density at radius 2 is 1.45 bits per heavy atom. The molecule has 3 rings (SSSR count). The molecule has 174 valence electrons. The van der Waals surface area contributed by atoms with E-state index in [1.54, 1.807) is 7.05 Å². The van der Waals surface area contributed by atoms with Crippen molar-refractivity contribution in [1.82, 2.24) is 15.5 Å². The van der Waals surface area contributed by atoms with Crippen molar-refractivity contribution < 1.29 is 23.9 Å². The summed E-state index contributed by atoms with van der Waals surface area (Å²) in [5.41, 5.74) is 3.85. The molecule has 0 aromatic heterocycles. The van der Waals surface area contributed by atoms with Gasteiger partial charge >= 0.3 is 6.09 Å². The van der Waals surface area contributed by atoms with E-state index in [2.05, 4.69) is 10.6 Å². The molecule has 2 aromatic rings. The Morgan fingerprint density at radius 3 is 2.06 bits per heavy atom. The standard InChI is InChI=1S/C25H29N3O5/c1-26-14-13-17(29)11-12-18(30)15-27-23(31)16-28(2)25(32)33-24-21-9-5-3-7-19(21)20-8-4-6-10-22(20)24/h3-10,24,26H,11-16H2,1-2H3,(H,27,31). The van der Waals surface area contributed by atoms with E-state index in [0.29, 0.717) is 13.0 Å². The number of amides is 2. The fourth-order valence-corrected chi connectivity index (χ4v) is 3.72. The molecule has 0 fully saturated rings. The van der Waals surface area contributed by atoms with Gasteiger partial charge in [0.15, 0.2) is 11.9 Å². The predicted molar refractivity (Wildman–Crippen MR) is 124 cm³/mol. The second-order valence-electron chi connectivity index (χ2n) is 8.00. The van der Waals surface area contributed by atoms with Gasteiger partial charge in [0.1, 0.15) is 12.3 Å². The molecule has 2 N–H and O–H groups in total. The average Bonchev–Trinajstić information content (AvgIpc) is 3.13. The Labute approximate surface area is 193 Å². The molecule has 0 saturated carbocycles. The van der Waals surface area contributed by atoms with Crippen molar-refractivity contribution >= 4 is 23.6 Å². The van der Waals surface area contributed by atoms with Crippen LogP contribution in [-0.2, 0) is 19.1 Å². The summed E-state index contributed by atoms with van der Waals surface area (Å²) in [5.74, 6) is -0.705. The van der Waals surface area contributed by atoms with Gasteiger partial charge in [0, 0.05) is 44.0 Å². The van der Waals surface area contributed by atoms with Crippen LogP contribution in [0.25, 0.3) is 11.1 Å². The highest BCUT2D eigenvalue weighted by Gasteiger charge is 2.32. The number of carbonyl (C=O) groups is 4. The highest BCUT2D eigenvalue weighted by Crippen LogP contribution is 2.45. The van der Waals surface area contributed by atoms with Crippen LogP contribution < -0.4 is 10.6 Å². The zero-order valence-corrected chi connectivity index (χ0v) is 18.9. The molecule has 8 heteroatoms. The van der Waals surface area contributed by atoms with Crippen LogP contribution in [0.2, 0.25) is 0 Å². The van der Waals surface area contributed by atoms with E-state index in [1.165, 1.54) is 11.9 Å². The molecule has 0 spiro atoms. The lowest BCUT2D eigenvalue weighted by atomic mass is 10.1. The number of hydrogen-bond acceptors (Lipinski definition) is 6. The first-order valence-corrected chi connectivity index (χ1v) is 11.0. The van der Waals surface area contributed by atoms with E-state index in [9.17, 15) is 19.2 Å². The number of nitrogens with one attached hydrogen (secondary N) is 2. The zero-order valence-electron chi connectivity index (χ0n) is 18.9. The van der Waals surface area contributed by atoms with E-state index < -0.39 is 18.1 Å². The summed E-state index contributed by atoms with van der Waals surface area (Å²) in [6.07, 6.45) is -0.562. The summed E-state index contributed by atoms with van der Waals surface area (Å²) in [4.78, 5) is 49.6. The molecule has 0 saturated heterocycles.